The van der Waals surface area contributed by atoms with E-state index in [1.54, 1.807) is 0 Å². The van der Waals surface area contributed by atoms with Crippen LogP contribution in [0.15, 0.2) is 46.6 Å². The van der Waals surface area contributed by atoms with E-state index in [4.69, 9.17) is 0 Å². The van der Waals surface area contributed by atoms with Gasteiger partial charge in [0, 0.05) is 19.2 Å². The number of carbonyl (C=O) groups is 2. The molecule has 0 saturated carbocycles. The number of allylic oxidation sites excluding steroid dienone is 7. The first-order valence-corrected chi connectivity index (χ1v) is 11.3. The van der Waals surface area contributed by atoms with Crippen LogP contribution in [0.1, 0.15) is 74.1 Å². The van der Waals surface area contributed by atoms with E-state index in [1.807, 2.05) is 13.0 Å². The summed E-state index contributed by atoms with van der Waals surface area (Å²) in [5.74, 6) is -0.798. The van der Waals surface area contributed by atoms with Crippen molar-refractivity contribution in [3.63, 3.8) is 0 Å². The molecule has 2 atom stereocenters. The van der Waals surface area contributed by atoms with Gasteiger partial charge in [-0.2, -0.15) is 12.6 Å². The summed E-state index contributed by atoms with van der Waals surface area (Å²) >= 11 is 4.10. The van der Waals surface area contributed by atoms with E-state index in [-0.39, 0.29) is 18.2 Å². The molecule has 30 heavy (non-hydrogen) atoms. The Balaban J connectivity index is 5.15. The Morgan fingerprint density at radius 3 is 2.03 bits per heavy atom. The van der Waals surface area contributed by atoms with Crippen LogP contribution in [0.3, 0.4) is 0 Å². The van der Waals surface area contributed by atoms with Crippen LogP contribution in [0.4, 0.5) is 0 Å². The molecule has 0 rings (SSSR count). The molecule has 0 bridgehead atoms. The number of hydrogen-bond acceptors (Lipinski definition) is 3. The fourth-order valence-corrected chi connectivity index (χ4v) is 3.61. The van der Waals surface area contributed by atoms with Crippen molar-refractivity contribution in [1.82, 2.24) is 4.90 Å². The van der Waals surface area contributed by atoms with Crippen LogP contribution in [-0.4, -0.2) is 40.2 Å². The molecule has 1 N–H and O–H groups in total. The van der Waals surface area contributed by atoms with Crippen molar-refractivity contribution in [2.45, 2.75) is 80.2 Å². The number of nitrogens with zero attached hydrogens (tertiary/aromatic N) is 1. The molecule has 0 aliphatic carbocycles. The molecule has 0 spiro atoms. The van der Waals surface area contributed by atoms with Gasteiger partial charge in [-0.1, -0.05) is 46.6 Å². The standard InChI is InChI=1S/C25H41NO3S/c1-18(2)9-8-10-20(5)11-12-23(15-19(3)4)16-21(6)13-14-26(22(7)27)24(17-30)25(28)29/h9,11,13,15,23-24,30H,8,10,12,14,16-17H2,1-7H3,(H,28,29)/b20-11+,21-13+. The molecule has 0 radical (unpaired) electrons. The van der Waals surface area contributed by atoms with Gasteiger partial charge in [-0.25, -0.2) is 4.79 Å². The van der Waals surface area contributed by atoms with Crippen molar-refractivity contribution in [3.05, 3.63) is 46.6 Å². The lowest BCUT2D eigenvalue weighted by Crippen LogP contribution is -2.45. The average Bonchev–Trinajstić information content (AvgIpc) is 2.61. The monoisotopic (exact) mass is 435 g/mol. The summed E-state index contributed by atoms with van der Waals surface area (Å²) in [6.07, 6.45) is 12.9. The number of carboxylic acids is 1. The number of aliphatic carboxylic acids is 1. The number of hydrogen-bond donors (Lipinski definition) is 2. The topological polar surface area (TPSA) is 57.6 Å². The zero-order chi connectivity index (χ0) is 23.3. The zero-order valence-electron chi connectivity index (χ0n) is 19.9. The van der Waals surface area contributed by atoms with Gasteiger partial charge < -0.3 is 10.0 Å². The van der Waals surface area contributed by atoms with Gasteiger partial charge in [0.25, 0.3) is 0 Å². The Labute approximate surface area is 189 Å². The minimum absolute atomic E-state index is 0.0962. The summed E-state index contributed by atoms with van der Waals surface area (Å²) in [6, 6.07) is -0.908. The van der Waals surface area contributed by atoms with Gasteiger partial charge >= 0.3 is 5.97 Å². The highest BCUT2D eigenvalue weighted by Crippen LogP contribution is 2.21. The van der Waals surface area contributed by atoms with E-state index in [2.05, 4.69) is 65.5 Å². The molecule has 1 amide bonds. The first-order chi connectivity index (χ1) is 14.0. The first kappa shape index (κ1) is 28.2. The maximum absolute atomic E-state index is 11.9. The van der Waals surface area contributed by atoms with Crippen molar-refractivity contribution >= 4 is 24.5 Å². The fraction of sp³-hybridized carbons (Fsp3) is 0.600. The van der Waals surface area contributed by atoms with E-state index in [0.717, 1.165) is 31.3 Å². The summed E-state index contributed by atoms with van der Waals surface area (Å²) in [4.78, 5) is 24.7. The largest absolute Gasteiger partial charge is 0.480 e. The van der Waals surface area contributed by atoms with Crippen molar-refractivity contribution < 1.29 is 14.7 Å². The quantitative estimate of drug-likeness (QED) is 0.267. The van der Waals surface area contributed by atoms with Gasteiger partial charge in [-0.15, -0.1) is 0 Å². The molecule has 0 heterocycles. The number of thiol groups is 1. The Bertz CT molecular complexity index is 681. The third-order valence-electron chi connectivity index (χ3n) is 4.89. The number of rotatable bonds is 13. The van der Waals surface area contributed by atoms with Crippen molar-refractivity contribution in [3.8, 4) is 0 Å². The van der Waals surface area contributed by atoms with E-state index in [1.165, 1.54) is 28.5 Å². The third kappa shape index (κ3) is 12.7. The van der Waals surface area contributed by atoms with Gasteiger partial charge in [0.2, 0.25) is 5.91 Å². The maximum atomic E-state index is 11.9. The van der Waals surface area contributed by atoms with Crippen LogP contribution in [0, 0.1) is 5.92 Å². The molecule has 0 aliphatic rings. The molecule has 0 aromatic rings. The molecule has 0 aromatic heterocycles. The minimum atomic E-state index is -1.03. The normalized spacial score (nSPS) is 14.0. The molecule has 0 aliphatic heterocycles. The van der Waals surface area contributed by atoms with E-state index in [9.17, 15) is 14.7 Å². The van der Waals surface area contributed by atoms with Gasteiger partial charge in [0.1, 0.15) is 6.04 Å². The van der Waals surface area contributed by atoms with E-state index >= 15 is 0 Å². The Kier molecular flexibility index (Phi) is 14.2. The Hall–Kier alpha value is -1.75. The zero-order valence-corrected chi connectivity index (χ0v) is 20.8. The van der Waals surface area contributed by atoms with E-state index < -0.39 is 12.0 Å². The second-order valence-corrected chi connectivity index (χ2v) is 8.94. The van der Waals surface area contributed by atoms with Gasteiger partial charge in [-0.3, -0.25) is 4.79 Å². The molecule has 2 unspecified atom stereocenters. The van der Waals surface area contributed by atoms with Crippen LogP contribution >= 0.6 is 12.6 Å². The summed E-state index contributed by atoms with van der Waals surface area (Å²) < 4.78 is 0. The molecule has 0 saturated heterocycles. The molecule has 4 nitrogen and oxygen atoms in total. The van der Waals surface area contributed by atoms with Crippen LogP contribution in [0.2, 0.25) is 0 Å². The van der Waals surface area contributed by atoms with Crippen LogP contribution in [0.5, 0.6) is 0 Å². The summed E-state index contributed by atoms with van der Waals surface area (Å²) in [5, 5.41) is 9.33. The lowest BCUT2D eigenvalue weighted by Gasteiger charge is -2.26. The second-order valence-electron chi connectivity index (χ2n) is 8.57. The van der Waals surface area contributed by atoms with Gasteiger partial charge in [-0.05, 0) is 73.1 Å². The van der Waals surface area contributed by atoms with Crippen molar-refractivity contribution in [1.29, 1.82) is 0 Å². The Morgan fingerprint density at radius 1 is 0.933 bits per heavy atom. The van der Waals surface area contributed by atoms with Crippen LogP contribution in [0.25, 0.3) is 0 Å². The molecular weight excluding hydrogens is 394 g/mol. The molecule has 5 heteroatoms. The number of carboxylic acid groups (broad SMARTS) is 1. The first-order valence-electron chi connectivity index (χ1n) is 10.7. The number of carbonyl (C=O) groups excluding carboxylic acids is 1. The van der Waals surface area contributed by atoms with Gasteiger partial charge in [0.15, 0.2) is 0 Å². The van der Waals surface area contributed by atoms with Gasteiger partial charge in [0.05, 0.1) is 0 Å². The molecular formula is C25H41NO3S. The number of amides is 1. The van der Waals surface area contributed by atoms with Crippen molar-refractivity contribution in [2.75, 3.05) is 12.3 Å². The SMILES string of the molecule is CC(=O)N(C/C=C(\C)CC(C=C(C)C)C/C=C(\C)CCC=C(C)C)C(CS)C(=O)O. The second kappa shape index (κ2) is 15.1. The summed E-state index contributed by atoms with van der Waals surface area (Å²) in [5.41, 5.74) is 5.20. The maximum Gasteiger partial charge on any atom is 0.327 e. The Morgan fingerprint density at radius 2 is 1.57 bits per heavy atom. The predicted molar refractivity (Wildman–Crippen MR) is 131 cm³/mol. The minimum Gasteiger partial charge on any atom is -0.480 e. The molecule has 170 valence electrons. The van der Waals surface area contributed by atoms with Crippen LogP contribution in [-0.2, 0) is 9.59 Å². The highest BCUT2D eigenvalue weighted by atomic mass is 32.1. The lowest BCUT2D eigenvalue weighted by molar-refractivity contribution is -0.147. The summed E-state index contributed by atoms with van der Waals surface area (Å²) in [6.45, 7) is 14.4. The van der Waals surface area contributed by atoms with Crippen molar-refractivity contribution in [2.24, 2.45) is 5.92 Å². The van der Waals surface area contributed by atoms with Crippen LogP contribution < -0.4 is 0 Å². The smallest absolute Gasteiger partial charge is 0.327 e. The third-order valence-corrected chi connectivity index (χ3v) is 5.23. The highest BCUT2D eigenvalue weighted by Gasteiger charge is 2.25. The fourth-order valence-electron chi connectivity index (χ4n) is 3.26. The summed E-state index contributed by atoms with van der Waals surface area (Å²) in [7, 11) is 0. The molecule has 0 aromatic carbocycles. The lowest BCUT2D eigenvalue weighted by atomic mass is 9.93. The predicted octanol–water partition coefficient (Wildman–Crippen LogP) is 6.22. The highest BCUT2D eigenvalue weighted by molar-refractivity contribution is 7.80. The van der Waals surface area contributed by atoms with E-state index in [0.29, 0.717) is 5.92 Å². The molecule has 0 fully saturated rings. The average molecular weight is 436 g/mol.